The monoisotopic (exact) mass is 376 g/mol. The van der Waals surface area contributed by atoms with E-state index in [1.54, 1.807) is 23.5 Å². The lowest BCUT2D eigenvalue weighted by molar-refractivity contribution is 0.625. The summed E-state index contributed by atoms with van der Waals surface area (Å²) in [7, 11) is 0. The van der Waals surface area contributed by atoms with Crippen LogP contribution in [0.5, 0.6) is 0 Å². The van der Waals surface area contributed by atoms with Crippen molar-refractivity contribution in [1.29, 1.82) is 0 Å². The van der Waals surface area contributed by atoms with E-state index in [-0.39, 0.29) is 10.6 Å². The summed E-state index contributed by atoms with van der Waals surface area (Å²) in [6.45, 7) is 2.08. The summed E-state index contributed by atoms with van der Waals surface area (Å²) in [6, 6.07) is 8.92. The molecule has 1 atom stereocenters. The summed E-state index contributed by atoms with van der Waals surface area (Å²) in [5.74, 6) is -0.175. The van der Waals surface area contributed by atoms with Gasteiger partial charge in [-0.3, -0.25) is 0 Å². The zero-order valence-corrected chi connectivity index (χ0v) is 13.2. The van der Waals surface area contributed by atoms with Gasteiger partial charge < -0.3 is 0 Å². The van der Waals surface area contributed by atoms with Crippen LogP contribution >= 0.6 is 43.2 Å². The molecule has 1 aromatic heterocycles. The topological polar surface area (TPSA) is 0 Å². The van der Waals surface area contributed by atoms with E-state index < -0.39 is 0 Å². The molecule has 0 amide bonds. The summed E-state index contributed by atoms with van der Waals surface area (Å²) >= 11 is 8.90. The predicted molar refractivity (Wildman–Crippen MR) is 78.5 cm³/mol. The van der Waals surface area contributed by atoms with Crippen LogP contribution in [0.15, 0.2) is 34.1 Å². The molecule has 0 aliphatic rings. The largest absolute Gasteiger partial charge is 0.207 e. The van der Waals surface area contributed by atoms with Gasteiger partial charge in [0.2, 0.25) is 0 Å². The van der Waals surface area contributed by atoms with E-state index in [4.69, 9.17) is 0 Å². The maximum absolute atomic E-state index is 13.1. The standard InChI is InChI=1S/C13H11Br2FS/c1-8-5-12(17-13(8)15)11(14)7-9-3-2-4-10(16)6-9/h2-6,11H,7H2,1H3. The molecule has 0 saturated carbocycles. The van der Waals surface area contributed by atoms with Gasteiger partial charge in [-0.2, -0.15) is 0 Å². The molecule has 17 heavy (non-hydrogen) atoms. The van der Waals surface area contributed by atoms with Crippen LogP contribution in [-0.2, 0) is 6.42 Å². The Labute approximate surface area is 121 Å². The number of aryl methyl sites for hydroxylation is 1. The smallest absolute Gasteiger partial charge is 0.123 e. The summed E-state index contributed by atoms with van der Waals surface area (Å²) in [5.41, 5.74) is 2.25. The van der Waals surface area contributed by atoms with E-state index in [0.717, 1.165) is 15.8 Å². The van der Waals surface area contributed by atoms with Crippen molar-refractivity contribution < 1.29 is 4.39 Å². The fourth-order valence-corrected chi connectivity index (χ4v) is 3.94. The lowest BCUT2D eigenvalue weighted by atomic mass is 10.1. The van der Waals surface area contributed by atoms with Crippen molar-refractivity contribution in [2.75, 3.05) is 0 Å². The summed E-state index contributed by atoms with van der Waals surface area (Å²) < 4.78 is 14.2. The molecule has 0 spiro atoms. The summed E-state index contributed by atoms with van der Waals surface area (Å²) in [4.78, 5) is 1.50. The predicted octanol–water partition coefficient (Wildman–Crippen LogP) is 5.64. The van der Waals surface area contributed by atoms with Crippen LogP contribution in [0.2, 0.25) is 0 Å². The molecule has 0 N–H and O–H groups in total. The Morgan fingerprint density at radius 1 is 1.35 bits per heavy atom. The van der Waals surface area contributed by atoms with Gasteiger partial charge in [0.25, 0.3) is 0 Å². The third-order valence-electron chi connectivity index (χ3n) is 2.49. The minimum Gasteiger partial charge on any atom is -0.207 e. The molecule has 0 radical (unpaired) electrons. The van der Waals surface area contributed by atoms with Crippen molar-refractivity contribution in [3.8, 4) is 0 Å². The Morgan fingerprint density at radius 2 is 2.12 bits per heavy atom. The minimum atomic E-state index is -0.175. The average molecular weight is 378 g/mol. The van der Waals surface area contributed by atoms with E-state index >= 15 is 0 Å². The minimum absolute atomic E-state index is 0.175. The van der Waals surface area contributed by atoms with Gasteiger partial charge in [0.15, 0.2) is 0 Å². The second-order valence-electron chi connectivity index (χ2n) is 3.91. The third-order valence-corrected chi connectivity index (χ3v) is 5.86. The first kappa shape index (κ1) is 13.2. The van der Waals surface area contributed by atoms with Crippen LogP contribution in [0.3, 0.4) is 0 Å². The van der Waals surface area contributed by atoms with Gasteiger partial charge in [-0.1, -0.05) is 28.1 Å². The number of halogens is 3. The number of hydrogen-bond donors (Lipinski definition) is 0. The Hall–Kier alpha value is -0.190. The Morgan fingerprint density at radius 3 is 2.71 bits per heavy atom. The van der Waals surface area contributed by atoms with E-state index in [1.165, 1.54) is 16.5 Å². The molecule has 0 aliphatic carbocycles. The molecule has 90 valence electrons. The highest BCUT2D eigenvalue weighted by Crippen LogP contribution is 2.37. The van der Waals surface area contributed by atoms with Crippen LogP contribution in [-0.4, -0.2) is 0 Å². The SMILES string of the molecule is Cc1cc(C(Br)Cc2cccc(F)c2)sc1Br. The Bertz CT molecular complexity index is 502. The van der Waals surface area contributed by atoms with Crippen LogP contribution in [0.1, 0.15) is 20.8 Å². The van der Waals surface area contributed by atoms with Crippen molar-refractivity contribution in [2.24, 2.45) is 0 Å². The van der Waals surface area contributed by atoms with Crippen LogP contribution in [0, 0.1) is 12.7 Å². The molecule has 1 unspecified atom stereocenters. The average Bonchev–Trinajstić information content (AvgIpc) is 2.59. The van der Waals surface area contributed by atoms with Crippen molar-refractivity contribution in [3.05, 3.63) is 55.9 Å². The quantitative estimate of drug-likeness (QED) is 0.607. The van der Waals surface area contributed by atoms with Gasteiger partial charge in [-0.25, -0.2) is 4.39 Å². The lowest BCUT2D eigenvalue weighted by Crippen LogP contribution is -1.93. The van der Waals surface area contributed by atoms with Gasteiger partial charge in [0.1, 0.15) is 5.82 Å². The number of benzene rings is 1. The summed E-state index contributed by atoms with van der Waals surface area (Å²) in [5, 5.41) is 0. The molecule has 1 aromatic carbocycles. The van der Waals surface area contributed by atoms with Crippen molar-refractivity contribution in [3.63, 3.8) is 0 Å². The Kier molecular flexibility index (Phi) is 4.39. The van der Waals surface area contributed by atoms with E-state index in [0.29, 0.717) is 0 Å². The molecule has 2 aromatic rings. The first-order valence-corrected chi connectivity index (χ1v) is 7.73. The molecule has 0 fully saturated rings. The highest BCUT2D eigenvalue weighted by molar-refractivity contribution is 9.11. The van der Waals surface area contributed by atoms with Crippen molar-refractivity contribution in [1.82, 2.24) is 0 Å². The highest BCUT2D eigenvalue weighted by atomic mass is 79.9. The van der Waals surface area contributed by atoms with E-state index in [9.17, 15) is 4.39 Å². The first-order chi connectivity index (χ1) is 8.06. The Balaban J connectivity index is 2.14. The van der Waals surface area contributed by atoms with Crippen molar-refractivity contribution in [2.45, 2.75) is 18.2 Å². The summed E-state index contributed by atoms with van der Waals surface area (Å²) in [6.07, 6.45) is 0.796. The highest BCUT2D eigenvalue weighted by Gasteiger charge is 2.13. The fraction of sp³-hybridized carbons (Fsp3) is 0.231. The van der Waals surface area contributed by atoms with Gasteiger partial charge in [0, 0.05) is 4.88 Å². The van der Waals surface area contributed by atoms with Crippen LogP contribution in [0.25, 0.3) is 0 Å². The number of rotatable bonds is 3. The van der Waals surface area contributed by atoms with Gasteiger partial charge in [-0.15, -0.1) is 11.3 Å². The molecule has 0 aliphatic heterocycles. The van der Waals surface area contributed by atoms with E-state index in [1.807, 2.05) is 6.07 Å². The molecule has 1 heterocycles. The first-order valence-electron chi connectivity index (χ1n) is 5.20. The molecule has 0 bridgehead atoms. The maximum Gasteiger partial charge on any atom is 0.123 e. The molecular weight excluding hydrogens is 367 g/mol. The van der Waals surface area contributed by atoms with Gasteiger partial charge in [-0.05, 0) is 58.6 Å². The maximum atomic E-state index is 13.1. The molecule has 4 heteroatoms. The fourth-order valence-electron chi connectivity index (χ4n) is 1.61. The zero-order valence-electron chi connectivity index (χ0n) is 9.21. The van der Waals surface area contributed by atoms with Crippen LogP contribution in [0.4, 0.5) is 4.39 Å². The zero-order chi connectivity index (χ0) is 12.4. The number of hydrogen-bond acceptors (Lipinski definition) is 1. The van der Waals surface area contributed by atoms with Gasteiger partial charge in [0.05, 0.1) is 8.61 Å². The number of alkyl halides is 1. The molecule has 0 nitrogen and oxygen atoms in total. The number of thiophene rings is 1. The molecular formula is C13H11Br2FS. The molecule has 2 rings (SSSR count). The molecule has 0 saturated heterocycles. The van der Waals surface area contributed by atoms with Crippen LogP contribution < -0.4 is 0 Å². The van der Waals surface area contributed by atoms with Crippen molar-refractivity contribution >= 4 is 43.2 Å². The van der Waals surface area contributed by atoms with Gasteiger partial charge >= 0.3 is 0 Å². The third kappa shape index (κ3) is 3.39. The second-order valence-corrected chi connectivity index (χ2v) is 7.41. The lowest BCUT2D eigenvalue weighted by Gasteiger charge is -2.07. The second kappa shape index (κ2) is 5.63. The van der Waals surface area contributed by atoms with E-state index in [2.05, 4.69) is 44.8 Å². The normalized spacial score (nSPS) is 12.7.